The second kappa shape index (κ2) is 6.71. The maximum absolute atomic E-state index is 10.4. The average molecular weight is 324 g/mol. The Morgan fingerprint density at radius 3 is 2.36 bits per heavy atom. The molecular weight excluding hydrogens is 320 g/mol. The Hall–Kier alpha value is -0.701. The van der Waals surface area contributed by atoms with Crippen LogP contribution in [0.15, 0.2) is 29.2 Å². The summed E-state index contributed by atoms with van der Waals surface area (Å²) in [5, 5.41) is 10.2. The molecule has 1 rings (SSSR count). The van der Waals surface area contributed by atoms with E-state index in [1.165, 1.54) is 18.2 Å². The minimum atomic E-state index is -2.41. The van der Waals surface area contributed by atoms with Gasteiger partial charge in [-0.15, -0.1) is 0 Å². The number of benzene rings is 1. The molecule has 0 fully saturated rings. The van der Waals surface area contributed by atoms with Crippen LogP contribution in [-0.2, 0) is 19.1 Å². The van der Waals surface area contributed by atoms with E-state index in [9.17, 15) is 21.4 Å². The number of nitrogens with zero attached hydrogens (tertiary/aromatic N) is 1. The van der Waals surface area contributed by atoms with E-state index < -0.39 is 15.6 Å². The molecule has 0 saturated carbocycles. The Bertz CT molecular complexity index is 387. The molecule has 0 atom stereocenters. The molecule has 14 heavy (non-hydrogen) atoms. The SMILES string of the molecule is O=[N+]([O-])c1cccc([S-](=O)=O)c1.[F][Sn+]. The molecule has 5 nitrogen and oxygen atoms in total. The van der Waals surface area contributed by atoms with Gasteiger partial charge in [-0.05, 0) is 10.7 Å². The molecule has 0 heterocycles. The second-order valence-corrected chi connectivity index (χ2v) is 2.93. The number of hydrogen-bond donors (Lipinski definition) is 0. The minimum absolute atomic E-state index is 0.0500. The predicted molar refractivity (Wildman–Crippen MR) is 47.0 cm³/mol. The van der Waals surface area contributed by atoms with Crippen molar-refractivity contribution < 1.29 is 16.2 Å². The summed E-state index contributed by atoms with van der Waals surface area (Å²) in [5.74, 6) is 0. The molecule has 2 radical (unpaired) electrons. The Morgan fingerprint density at radius 1 is 1.36 bits per heavy atom. The molecule has 0 N–H and O–H groups in total. The van der Waals surface area contributed by atoms with Gasteiger partial charge in [-0.25, -0.2) is 0 Å². The van der Waals surface area contributed by atoms with Crippen molar-refractivity contribution in [2.24, 2.45) is 0 Å². The molecule has 0 bridgehead atoms. The third kappa shape index (κ3) is 4.00. The van der Waals surface area contributed by atoms with Crippen LogP contribution in [-0.4, -0.2) is 28.0 Å². The molecular formula is C6H4FNO4SSn. The number of rotatable bonds is 2. The fourth-order valence-corrected chi connectivity index (χ4v) is 1.11. The van der Waals surface area contributed by atoms with Crippen LogP contribution in [0.2, 0.25) is 0 Å². The Balaban J connectivity index is 0.000000791. The van der Waals surface area contributed by atoms with Crippen molar-refractivity contribution >= 4 is 39.5 Å². The summed E-state index contributed by atoms with van der Waals surface area (Å²) in [6, 6.07) is 4.85. The quantitative estimate of drug-likeness (QED) is 0.356. The first-order chi connectivity index (χ1) is 6.61. The van der Waals surface area contributed by atoms with Gasteiger partial charge in [0.15, 0.2) is 0 Å². The normalized spacial score (nSPS) is 9.00. The van der Waals surface area contributed by atoms with Crippen LogP contribution in [0.3, 0.4) is 0 Å². The topological polar surface area (TPSA) is 77.3 Å². The predicted octanol–water partition coefficient (Wildman–Crippen LogP) is 1.30. The zero-order valence-electron chi connectivity index (χ0n) is 6.68. The standard InChI is InChI=1S/C6H4NO4S.FH.Sn/c8-7(9)5-2-1-3-6(4-5)12(10)11;;/h1-4H;1H;/q-1;;+2/p-1. The number of hydrogen-bond acceptors (Lipinski definition) is 5. The van der Waals surface area contributed by atoms with E-state index >= 15 is 0 Å². The van der Waals surface area contributed by atoms with E-state index in [2.05, 4.69) is 0 Å². The zero-order chi connectivity index (χ0) is 11.1. The fraction of sp³-hybridized carbons (Fsp3) is 0. The van der Waals surface area contributed by atoms with Gasteiger partial charge in [-0.2, -0.15) is 0 Å². The van der Waals surface area contributed by atoms with Crippen molar-refractivity contribution in [3.8, 4) is 0 Å². The van der Waals surface area contributed by atoms with E-state index in [1.807, 2.05) is 0 Å². The van der Waals surface area contributed by atoms with Gasteiger partial charge in [0.1, 0.15) is 0 Å². The molecule has 0 aliphatic heterocycles. The van der Waals surface area contributed by atoms with Crippen LogP contribution in [0.5, 0.6) is 0 Å². The first-order valence-corrected chi connectivity index (χ1v) is 5.29. The van der Waals surface area contributed by atoms with Crippen LogP contribution >= 0.6 is 0 Å². The number of nitro benzene ring substituents is 1. The molecule has 0 aliphatic rings. The Morgan fingerprint density at radius 2 is 1.93 bits per heavy atom. The van der Waals surface area contributed by atoms with Gasteiger partial charge in [-0.3, -0.25) is 10.1 Å². The molecule has 0 spiro atoms. The molecule has 0 unspecified atom stereocenters. The van der Waals surface area contributed by atoms with Gasteiger partial charge >= 0.3 is 26.0 Å². The van der Waals surface area contributed by atoms with Crippen LogP contribution in [0.1, 0.15) is 0 Å². The summed E-state index contributed by atoms with van der Waals surface area (Å²) in [4.78, 5) is 9.46. The van der Waals surface area contributed by atoms with Crippen molar-refractivity contribution in [2.75, 3.05) is 0 Å². The molecule has 1 aromatic rings. The third-order valence-electron chi connectivity index (χ3n) is 1.22. The zero-order valence-corrected chi connectivity index (χ0v) is 10.3. The van der Waals surface area contributed by atoms with Gasteiger partial charge in [0.05, 0.1) is 4.92 Å². The average Bonchev–Trinajstić information content (AvgIpc) is 2.21. The molecule has 74 valence electrons. The molecule has 0 aromatic heterocycles. The summed E-state index contributed by atoms with van der Waals surface area (Å²) in [5.41, 5.74) is -0.225. The maximum atomic E-state index is 10.4. The second-order valence-electron chi connectivity index (χ2n) is 1.99. The van der Waals surface area contributed by atoms with Gasteiger partial charge < -0.3 is 8.42 Å². The van der Waals surface area contributed by atoms with Gasteiger partial charge in [-0.1, -0.05) is 17.0 Å². The Labute approximate surface area is 94.9 Å². The van der Waals surface area contributed by atoms with Crippen molar-refractivity contribution in [1.82, 2.24) is 0 Å². The van der Waals surface area contributed by atoms with Crippen LogP contribution < -0.4 is 0 Å². The Kier molecular flexibility index (Phi) is 6.37. The summed E-state index contributed by atoms with van der Waals surface area (Å²) >= 11 is 0.0500. The van der Waals surface area contributed by atoms with Crippen molar-refractivity contribution in [3.05, 3.63) is 34.4 Å². The summed E-state index contributed by atoms with van der Waals surface area (Å²) < 4.78 is 30.3. The number of halogens is 1. The van der Waals surface area contributed by atoms with E-state index in [0.29, 0.717) is 0 Å². The van der Waals surface area contributed by atoms with E-state index in [4.69, 9.17) is 0 Å². The van der Waals surface area contributed by atoms with Crippen molar-refractivity contribution in [1.29, 1.82) is 0 Å². The van der Waals surface area contributed by atoms with Gasteiger partial charge in [0.2, 0.25) is 0 Å². The van der Waals surface area contributed by atoms with E-state index in [0.717, 1.165) is 6.07 Å². The first kappa shape index (κ1) is 13.3. The van der Waals surface area contributed by atoms with Gasteiger partial charge in [0.25, 0.3) is 5.69 Å². The molecule has 0 saturated heterocycles. The van der Waals surface area contributed by atoms with Crippen LogP contribution in [0.4, 0.5) is 8.55 Å². The van der Waals surface area contributed by atoms with Gasteiger partial charge in [0, 0.05) is 12.1 Å². The molecule has 0 aliphatic carbocycles. The molecule has 8 heteroatoms. The van der Waals surface area contributed by atoms with Crippen molar-refractivity contribution in [3.63, 3.8) is 0 Å². The summed E-state index contributed by atoms with van der Waals surface area (Å²) in [6.45, 7) is 0. The van der Waals surface area contributed by atoms with E-state index in [-0.39, 0.29) is 33.7 Å². The fourth-order valence-electron chi connectivity index (χ4n) is 0.701. The first-order valence-electron chi connectivity index (χ1n) is 3.14. The summed E-state index contributed by atoms with van der Waals surface area (Å²) in [7, 11) is -2.41. The van der Waals surface area contributed by atoms with E-state index in [1.54, 1.807) is 0 Å². The monoisotopic (exact) mass is 325 g/mol. The van der Waals surface area contributed by atoms with Crippen LogP contribution in [0.25, 0.3) is 0 Å². The summed E-state index contributed by atoms with van der Waals surface area (Å²) in [6.07, 6.45) is 0. The molecule has 1 aromatic carbocycles. The third-order valence-corrected chi connectivity index (χ3v) is 1.86. The number of non-ortho nitro benzene ring substituents is 1. The molecule has 0 amide bonds. The number of nitro groups is 1. The van der Waals surface area contributed by atoms with Crippen molar-refractivity contribution in [2.45, 2.75) is 4.90 Å². The van der Waals surface area contributed by atoms with Crippen LogP contribution in [0, 0.1) is 10.1 Å².